The molecule has 0 aliphatic carbocycles. The van der Waals surface area contributed by atoms with Crippen molar-refractivity contribution < 1.29 is 9.53 Å². The molecule has 3 aromatic rings. The maximum Gasteiger partial charge on any atom is 0.256 e. The van der Waals surface area contributed by atoms with Gasteiger partial charge in [0.25, 0.3) is 5.78 Å². The first-order valence-electron chi connectivity index (χ1n) is 7.27. The van der Waals surface area contributed by atoms with Gasteiger partial charge in [-0.15, -0.1) is 10.2 Å². The standard InChI is InChI=1S/C16H17N5O2/c1-11-9-10-21-15(17-11)19-20-16(21)18-14(22)8-7-12-5-3-4-6-13(12)23-2/h3-6,9-10H,7-8H2,1-2H3,(H,18,20,22). The molecule has 3 rings (SSSR count). The predicted octanol–water partition coefficient (Wildman–Crippen LogP) is 2.01. The highest BCUT2D eigenvalue weighted by Crippen LogP contribution is 2.19. The normalized spacial score (nSPS) is 10.7. The van der Waals surface area contributed by atoms with Crippen LogP contribution >= 0.6 is 0 Å². The van der Waals surface area contributed by atoms with Crippen LogP contribution in [0.2, 0.25) is 0 Å². The summed E-state index contributed by atoms with van der Waals surface area (Å²) in [5.74, 6) is 1.49. The number of anilines is 1. The number of methoxy groups -OCH3 is 1. The Balaban J connectivity index is 1.67. The minimum atomic E-state index is -0.134. The molecule has 0 bridgehead atoms. The van der Waals surface area contributed by atoms with E-state index in [2.05, 4.69) is 20.5 Å². The van der Waals surface area contributed by atoms with Gasteiger partial charge >= 0.3 is 0 Å². The minimum Gasteiger partial charge on any atom is -0.496 e. The Hall–Kier alpha value is -2.96. The summed E-state index contributed by atoms with van der Waals surface area (Å²) in [6, 6.07) is 9.49. The Bertz CT molecular complexity index is 843. The molecule has 0 aliphatic rings. The van der Waals surface area contributed by atoms with Crippen molar-refractivity contribution in [3.05, 3.63) is 47.8 Å². The molecule has 7 heteroatoms. The molecular formula is C16H17N5O2. The Morgan fingerprint density at radius 1 is 1.26 bits per heavy atom. The van der Waals surface area contributed by atoms with Gasteiger partial charge in [0.05, 0.1) is 7.11 Å². The number of aromatic nitrogens is 4. The van der Waals surface area contributed by atoms with Gasteiger partial charge in [-0.25, -0.2) is 4.98 Å². The summed E-state index contributed by atoms with van der Waals surface area (Å²) in [5.41, 5.74) is 1.84. The van der Waals surface area contributed by atoms with Gasteiger partial charge in [0.2, 0.25) is 11.9 Å². The third kappa shape index (κ3) is 3.28. The van der Waals surface area contributed by atoms with Gasteiger partial charge in [0.1, 0.15) is 5.75 Å². The van der Waals surface area contributed by atoms with Gasteiger partial charge in [-0.1, -0.05) is 18.2 Å². The van der Waals surface area contributed by atoms with E-state index < -0.39 is 0 Å². The average Bonchev–Trinajstić information content (AvgIpc) is 2.95. The first kappa shape index (κ1) is 15.0. The van der Waals surface area contributed by atoms with Crippen molar-refractivity contribution >= 4 is 17.6 Å². The zero-order valence-corrected chi connectivity index (χ0v) is 13.0. The molecule has 118 valence electrons. The highest BCUT2D eigenvalue weighted by molar-refractivity contribution is 5.89. The van der Waals surface area contributed by atoms with E-state index >= 15 is 0 Å². The predicted molar refractivity (Wildman–Crippen MR) is 85.5 cm³/mol. The van der Waals surface area contributed by atoms with E-state index in [0.29, 0.717) is 24.6 Å². The lowest BCUT2D eigenvalue weighted by Gasteiger charge is -2.08. The minimum absolute atomic E-state index is 0.134. The number of amides is 1. The van der Waals surface area contributed by atoms with Crippen molar-refractivity contribution in [2.24, 2.45) is 0 Å². The third-order valence-corrected chi connectivity index (χ3v) is 3.48. The van der Waals surface area contributed by atoms with Crippen LogP contribution in [-0.2, 0) is 11.2 Å². The molecule has 0 saturated heterocycles. The molecule has 7 nitrogen and oxygen atoms in total. The van der Waals surface area contributed by atoms with Crippen LogP contribution in [0.1, 0.15) is 17.7 Å². The van der Waals surface area contributed by atoms with Crippen LogP contribution in [0, 0.1) is 6.92 Å². The van der Waals surface area contributed by atoms with E-state index in [9.17, 15) is 4.79 Å². The second kappa shape index (κ2) is 6.43. The van der Waals surface area contributed by atoms with E-state index in [1.165, 1.54) is 0 Å². The number of nitrogens with one attached hydrogen (secondary N) is 1. The SMILES string of the molecule is COc1ccccc1CCC(=O)Nc1nnc2nc(C)ccn12. The fourth-order valence-corrected chi connectivity index (χ4v) is 2.30. The molecule has 2 aromatic heterocycles. The number of hydrogen-bond donors (Lipinski definition) is 1. The third-order valence-electron chi connectivity index (χ3n) is 3.48. The van der Waals surface area contributed by atoms with Gasteiger partial charge in [-0.2, -0.15) is 0 Å². The van der Waals surface area contributed by atoms with Gasteiger partial charge in [0.15, 0.2) is 0 Å². The lowest BCUT2D eigenvalue weighted by atomic mass is 10.1. The van der Waals surface area contributed by atoms with Crippen molar-refractivity contribution in [3.8, 4) is 5.75 Å². The Labute approximate surface area is 133 Å². The molecule has 0 radical (unpaired) electrons. The highest BCUT2D eigenvalue weighted by atomic mass is 16.5. The second-order valence-electron chi connectivity index (χ2n) is 5.12. The molecule has 1 aromatic carbocycles. The molecule has 1 N–H and O–H groups in total. The molecular weight excluding hydrogens is 294 g/mol. The van der Waals surface area contributed by atoms with E-state index in [4.69, 9.17) is 4.74 Å². The fourth-order valence-electron chi connectivity index (χ4n) is 2.30. The Morgan fingerprint density at radius 3 is 2.91 bits per heavy atom. The zero-order valence-electron chi connectivity index (χ0n) is 13.0. The Morgan fingerprint density at radius 2 is 2.09 bits per heavy atom. The average molecular weight is 311 g/mol. The maximum atomic E-state index is 12.1. The van der Waals surface area contributed by atoms with Crippen LogP contribution in [0.3, 0.4) is 0 Å². The first-order chi connectivity index (χ1) is 11.2. The number of nitrogens with zero attached hydrogens (tertiary/aromatic N) is 4. The number of carbonyl (C=O) groups is 1. The Kier molecular flexibility index (Phi) is 4.18. The van der Waals surface area contributed by atoms with Crippen LogP contribution in [0.5, 0.6) is 5.75 Å². The monoisotopic (exact) mass is 311 g/mol. The number of ether oxygens (including phenoxy) is 1. The number of rotatable bonds is 5. The van der Waals surface area contributed by atoms with Gasteiger partial charge in [0, 0.05) is 18.3 Å². The fraction of sp³-hybridized carbons (Fsp3) is 0.250. The second-order valence-corrected chi connectivity index (χ2v) is 5.12. The van der Waals surface area contributed by atoms with Crippen LogP contribution in [-0.4, -0.2) is 32.6 Å². The molecule has 1 amide bonds. The van der Waals surface area contributed by atoms with Gasteiger partial charge in [-0.05, 0) is 31.0 Å². The van der Waals surface area contributed by atoms with Gasteiger partial charge in [-0.3, -0.25) is 14.5 Å². The molecule has 0 aliphatic heterocycles. The summed E-state index contributed by atoms with van der Waals surface area (Å²) in [5, 5.41) is 10.7. The van der Waals surface area contributed by atoms with Crippen molar-refractivity contribution in [2.75, 3.05) is 12.4 Å². The molecule has 0 fully saturated rings. The van der Waals surface area contributed by atoms with Crippen LogP contribution in [0.25, 0.3) is 5.78 Å². The number of fused-ring (bicyclic) bond motifs is 1. The van der Waals surface area contributed by atoms with Gasteiger partial charge < -0.3 is 4.74 Å². The molecule has 2 heterocycles. The first-order valence-corrected chi connectivity index (χ1v) is 7.27. The summed E-state index contributed by atoms with van der Waals surface area (Å²) >= 11 is 0. The lowest BCUT2D eigenvalue weighted by molar-refractivity contribution is -0.116. The van der Waals surface area contributed by atoms with E-state index in [1.807, 2.05) is 37.3 Å². The summed E-state index contributed by atoms with van der Waals surface area (Å²) in [6.45, 7) is 1.88. The van der Waals surface area contributed by atoms with Crippen LogP contribution < -0.4 is 10.1 Å². The van der Waals surface area contributed by atoms with Crippen molar-refractivity contribution in [1.29, 1.82) is 0 Å². The maximum absolute atomic E-state index is 12.1. The molecule has 0 saturated carbocycles. The van der Waals surface area contributed by atoms with E-state index in [1.54, 1.807) is 17.7 Å². The topological polar surface area (TPSA) is 81.4 Å². The summed E-state index contributed by atoms with van der Waals surface area (Å²) in [7, 11) is 1.62. The van der Waals surface area contributed by atoms with E-state index in [0.717, 1.165) is 17.0 Å². The number of benzene rings is 1. The van der Waals surface area contributed by atoms with Crippen molar-refractivity contribution in [2.45, 2.75) is 19.8 Å². The number of para-hydroxylation sites is 1. The largest absolute Gasteiger partial charge is 0.496 e. The quantitative estimate of drug-likeness (QED) is 0.779. The summed E-state index contributed by atoms with van der Waals surface area (Å²) < 4.78 is 6.93. The lowest BCUT2D eigenvalue weighted by Crippen LogP contribution is -2.14. The van der Waals surface area contributed by atoms with Crippen LogP contribution in [0.15, 0.2) is 36.5 Å². The molecule has 0 spiro atoms. The van der Waals surface area contributed by atoms with Crippen molar-refractivity contribution in [1.82, 2.24) is 19.6 Å². The number of aryl methyl sites for hydroxylation is 2. The van der Waals surface area contributed by atoms with Crippen molar-refractivity contribution in [3.63, 3.8) is 0 Å². The highest BCUT2D eigenvalue weighted by Gasteiger charge is 2.11. The molecule has 0 atom stereocenters. The summed E-state index contributed by atoms with van der Waals surface area (Å²) in [4.78, 5) is 16.4. The smallest absolute Gasteiger partial charge is 0.256 e. The van der Waals surface area contributed by atoms with Crippen LogP contribution in [0.4, 0.5) is 5.95 Å². The zero-order chi connectivity index (χ0) is 16.2. The number of carbonyl (C=O) groups excluding carboxylic acids is 1. The number of hydrogen-bond acceptors (Lipinski definition) is 5. The summed E-state index contributed by atoms with van der Waals surface area (Å²) in [6.07, 6.45) is 2.70. The van der Waals surface area contributed by atoms with E-state index in [-0.39, 0.29) is 5.91 Å². The molecule has 23 heavy (non-hydrogen) atoms. The molecule has 0 unspecified atom stereocenters.